The molecule has 0 aliphatic carbocycles. The molecule has 2 heterocycles. The van der Waals surface area contributed by atoms with Gasteiger partial charge in [0.2, 0.25) is 12.7 Å². The molecule has 0 unspecified atom stereocenters. The Labute approximate surface area is 167 Å². The molecule has 1 aliphatic heterocycles. The Morgan fingerprint density at radius 3 is 2.89 bits per heavy atom. The molecule has 0 fully saturated rings. The minimum Gasteiger partial charge on any atom is -0.454 e. The molecule has 0 saturated heterocycles. The predicted octanol–water partition coefficient (Wildman–Crippen LogP) is 3.96. The second kappa shape index (κ2) is 7.90. The molecule has 1 aliphatic rings. The standard InChI is InChI=1S/C21H21N3O3S/c1-13(21(25)22-10-15-6-7-19-20(8-15)27-12-26-19)23-17-5-3-4-16(9-17)18-11-28-14(2)24-18/h3-9,11,13,23H,10,12H2,1-2H3,(H,22,25)/t13-/m0/s1. The third kappa shape index (κ3) is 4.09. The number of amides is 1. The van der Waals surface area contributed by atoms with E-state index in [0.717, 1.165) is 33.3 Å². The van der Waals surface area contributed by atoms with Crippen LogP contribution >= 0.6 is 11.3 Å². The molecule has 3 aromatic rings. The fourth-order valence-electron chi connectivity index (χ4n) is 2.97. The molecule has 6 nitrogen and oxygen atoms in total. The van der Waals surface area contributed by atoms with Crippen molar-refractivity contribution >= 4 is 22.9 Å². The minimum atomic E-state index is -0.374. The van der Waals surface area contributed by atoms with Crippen molar-refractivity contribution in [1.29, 1.82) is 0 Å². The normalized spacial score (nSPS) is 13.2. The first kappa shape index (κ1) is 18.3. The summed E-state index contributed by atoms with van der Waals surface area (Å²) in [5.74, 6) is 1.37. The van der Waals surface area contributed by atoms with Gasteiger partial charge in [0.15, 0.2) is 11.5 Å². The highest BCUT2D eigenvalue weighted by Gasteiger charge is 2.15. The summed E-state index contributed by atoms with van der Waals surface area (Å²) in [6.45, 7) is 4.50. The molecule has 144 valence electrons. The number of aromatic nitrogens is 1. The summed E-state index contributed by atoms with van der Waals surface area (Å²) in [5.41, 5.74) is 3.83. The lowest BCUT2D eigenvalue weighted by Gasteiger charge is -2.16. The molecule has 2 N–H and O–H groups in total. The van der Waals surface area contributed by atoms with Crippen molar-refractivity contribution in [1.82, 2.24) is 10.3 Å². The van der Waals surface area contributed by atoms with Crippen molar-refractivity contribution < 1.29 is 14.3 Å². The summed E-state index contributed by atoms with van der Waals surface area (Å²) < 4.78 is 10.7. The Morgan fingerprint density at radius 2 is 2.07 bits per heavy atom. The Bertz CT molecular complexity index is 1000. The van der Waals surface area contributed by atoms with E-state index in [0.29, 0.717) is 12.3 Å². The molecule has 28 heavy (non-hydrogen) atoms. The van der Waals surface area contributed by atoms with Crippen LogP contribution in [0.1, 0.15) is 17.5 Å². The number of hydrogen-bond donors (Lipinski definition) is 2. The third-order valence-corrected chi connectivity index (χ3v) is 5.23. The van der Waals surface area contributed by atoms with E-state index in [1.165, 1.54) is 0 Å². The maximum absolute atomic E-state index is 12.5. The summed E-state index contributed by atoms with van der Waals surface area (Å²) in [7, 11) is 0. The number of ether oxygens (including phenoxy) is 2. The number of fused-ring (bicyclic) bond motifs is 1. The highest BCUT2D eigenvalue weighted by atomic mass is 32.1. The number of carbonyl (C=O) groups is 1. The average Bonchev–Trinajstić information content (AvgIpc) is 3.34. The van der Waals surface area contributed by atoms with Crippen LogP contribution in [-0.2, 0) is 11.3 Å². The molecule has 1 amide bonds. The molecular formula is C21H21N3O3S. The summed E-state index contributed by atoms with van der Waals surface area (Å²) in [5, 5.41) is 9.28. The molecule has 2 aromatic carbocycles. The highest BCUT2D eigenvalue weighted by Crippen LogP contribution is 2.32. The van der Waals surface area contributed by atoms with E-state index in [4.69, 9.17) is 9.47 Å². The molecule has 4 rings (SSSR count). The van der Waals surface area contributed by atoms with E-state index < -0.39 is 0 Å². The van der Waals surface area contributed by atoms with E-state index in [2.05, 4.69) is 15.6 Å². The topological polar surface area (TPSA) is 72.5 Å². The van der Waals surface area contributed by atoms with Crippen LogP contribution in [0.2, 0.25) is 0 Å². The second-order valence-corrected chi connectivity index (χ2v) is 7.67. The first-order chi connectivity index (χ1) is 13.6. The fraction of sp³-hybridized carbons (Fsp3) is 0.238. The number of hydrogen-bond acceptors (Lipinski definition) is 6. The second-order valence-electron chi connectivity index (χ2n) is 6.60. The molecular weight excluding hydrogens is 374 g/mol. The van der Waals surface area contributed by atoms with Crippen LogP contribution in [0.3, 0.4) is 0 Å². The van der Waals surface area contributed by atoms with Crippen molar-refractivity contribution in [3.05, 3.63) is 58.4 Å². The summed E-state index contributed by atoms with van der Waals surface area (Å²) in [4.78, 5) is 17.0. The van der Waals surface area contributed by atoms with E-state index in [1.54, 1.807) is 11.3 Å². The van der Waals surface area contributed by atoms with Gasteiger partial charge in [-0.3, -0.25) is 4.79 Å². The number of carbonyl (C=O) groups excluding carboxylic acids is 1. The zero-order chi connectivity index (χ0) is 19.5. The SMILES string of the molecule is Cc1nc(-c2cccc(N[C@@H](C)C(=O)NCc3ccc4c(c3)OCO4)c2)cs1. The zero-order valence-electron chi connectivity index (χ0n) is 15.7. The van der Waals surface area contributed by atoms with Gasteiger partial charge in [0.25, 0.3) is 0 Å². The van der Waals surface area contributed by atoms with Gasteiger partial charge in [0.05, 0.1) is 10.7 Å². The lowest BCUT2D eigenvalue weighted by Crippen LogP contribution is -2.37. The van der Waals surface area contributed by atoms with Gasteiger partial charge in [-0.15, -0.1) is 11.3 Å². The molecule has 1 aromatic heterocycles. The molecule has 7 heteroatoms. The summed E-state index contributed by atoms with van der Waals surface area (Å²) >= 11 is 1.62. The molecule has 0 saturated carbocycles. The van der Waals surface area contributed by atoms with E-state index in [9.17, 15) is 4.79 Å². The molecule has 1 atom stereocenters. The largest absolute Gasteiger partial charge is 0.454 e. The van der Waals surface area contributed by atoms with Crippen molar-refractivity contribution in [2.75, 3.05) is 12.1 Å². The quantitative estimate of drug-likeness (QED) is 0.661. The fourth-order valence-corrected chi connectivity index (χ4v) is 3.60. The molecule has 0 radical (unpaired) electrons. The number of anilines is 1. The van der Waals surface area contributed by atoms with Gasteiger partial charge in [0, 0.05) is 23.2 Å². The summed E-state index contributed by atoms with van der Waals surface area (Å²) in [6, 6.07) is 13.2. The lowest BCUT2D eigenvalue weighted by atomic mass is 10.1. The number of rotatable bonds is 6. The maximum Gasteiger partial charge on any atom is 0.242 e. The van der Waals surface area contributed by atoms with Crippen LogP contribution in [0.15, 0.2) is 47.8 Å². The van der Waals surface area contributed by atoms with Gasteiger partial charge in [-0.2, -0.15) is 0 Å². The average molecular weight is 395 g/mol. The van der Waals surface area contributed by atoms with E-state index in [1.807, 2.05) is 61.7 Å². The summed E-state index contributed by atoms with van der Waals surface area (Å²) in [6.07, 6.45) is 0. The number of thiazole rings is 1. The van der Waals surface area contributed by atoms with Gasteiger partial charge >= 0.3 is 0 Å². The Balaban J connectivity index is 1.35. The van der Waals surface area contributed by atoms with Crippen molar-refractivity contribution in [3.63, 3.8) is 0 Å². The first-order valence-corrected chi connectivity index (χ1v) is 9.92. The van der Waals surface area contributed by atoms with Gasteiger partial charge in [0.1, 0.15) is 6.04 Å². The smallest absolute Gasteiger partial charge is 0.242 e. The van der Waals surface area contributed by atoms with Crippen LogP contribution in [0, 0.1) is 6.92 Å². The number of aryl methyl sites for hydroxylation is 1. The Kier molecular flexibility index (Phi) is 5.16. The van der Waals surface area contributed by atoms with E-state index >= 15 is 0 Å². The lowest BCUT2D eigenvalue weighted by molar-refractivity contribution is -0.121. The van der Waals surface area contributed by atoms with E-state index in [-0.39, 0.29) is 18.7 Å². The Morgan fingerprint density at radius 1 is 1.21 bits per heavy atom. The number of benzene rings is 2. The number of nitrogens with one attached hydrogen (secondary N) is 2. The number of nitrogens with zero attached hydrogens (tertiary/aromatic N) is 1. The maximum atomic E-state index is 12.5. The van der Waals surface area contributed by atoms with Crippen LogP contribution < -0.4 is 20.1 Å². The van der Waals surface area contributed by atoms with Gasteiger partial charge < -0.3 is 20.1 Å². The van der Waals surface area contributed by atoms with Gasteiger partial charge in [-0.25, -0.2) is 4.98 Å². The van der Waals surface area contributed by atoms with Crippen molar-refractivity contribution in [3.8, 4) is 22.8 Å². The monoisotopic (exact) mass is 395 g/mol. The molecule has 0 bridgehead atoms. The first-order valence-electron chi connectivity index (χ1n) is 9.04. The van der Waals surface area contributed by atoms with Crippen LogP contribution in [-0.4, -0.2) is 23.7 Å². The third-order valence-electron chi connectivity index (χ3n) is 4.46. The molecule has 0 spiro atoms. The highest BCUT2D eigenvalue weighted by molar-refractivity contribution is 7.09. The zero-order valence-corrected chi connectivity index (χ0v) is 16.5. The van der Waals surface area contributed by atoms with Gasteiger partial charge in [-0.05, 0) is 43.7 Å². The Hall–Kier alpha value is -3.06. The van der Waals surface area contributed by atoms with Crippen LogP contribution in [0.25, 0.3) is 11.3 Å². The van der Waals surface area contributed by atoms with Gasteiger partial charge in [-0.1, -0.05) is 18.2 Å². The van der Waals surface area contributed by atoms with Crippen LogP contribution in [0.5, 0.6) is 11.5 Å². The van der Waals surface area contributed by atoms with Crippen molar-refractivity contribution in [2.45, 2.75) is 26.4 Å². The predicted molar refractivity (Wildman–Crippen MR) is 110 cm³/mol. The minimum absolute atomic E-state index is 0.0763. The van der Waals surface area contributed by atoms with Crippen molar-refractivity contribution in [2.24, 2.45) is 0 Å². The van der Waals surface area contributed by atoms with Crippen LogP contribution in [0.4, 0.5) is 5.69 Å².